The topological polar surface area (TPSA) is 58.4 Å². The maximum atomic E-state index is 12.7. The standard InChI is InChI=1S/C22H22N4O2/c1-17-6-5-7-18(16-17)22(28)25-14-12-24(13-15-25)20-10-11-21(27)26(23-20)19-8-3-2-4-9-19/h2-11,16H,12-15H2,1H3. The van der Waals surface area contributed by atoms with Gasteiger partial charge in [-0.1, -0.05) is 35.9 Å². The van der Waals surface area contributed by atoms with Crippen LogP contribution in [-0.2, 0) is 0 Å². The van der Waals surface area contributed by atoms with Crippen LogP contribution in [0.3, 0.4) is 0 Å². The van der Waals surface area contributed by atoms with Crippen LogP contribution in [0.5, 0.6) is 0 Å². The third-order valence-electron chi connectivity index (χ3n) is 4.94. The lowest BCUT2D eigenvalue weighted by molar-refractivity contribution is 0.0746. The summed E-state index contributed by atoms with van der Waals surface area (Å²) in [4.78, 5) is 28.9. The van der Waals surface area contributed by atoms with Crippen molar-refractivity contribution >= 4 is 11.7 Å². The zero-order valence-corrected chi connectivity index (χ0v) is 15.8. The highest BCUT2D eigenvalue weighted by Crippen LogP contribution is 2.15. The van der Waals surface area contributed by atoms with Gasteiger partial charge in [0.2, 0.25) is 0 Å². The average molecular weight is 374 g/mol. The molecule has 2 heterocycles. The predicted molar refractivity (Wildman–Crippen MR) is 109 cm³/mol. The number of amides is 1. The minimum Gasteiger partial charge on any atom is -0.352 e. The molecule has 6 nitrogen and oxygen atoms in total. The van der Waals surface area contributed by atoms with E-state index in [0.29, 0.717) is 26.2 Å². The molecule has 28 heavy (non-hydrogen) atoms. The van der Waals surface area contributed by atoms with Gasteiger partial charge >= 0.3 is 0 Å². The molecule has 1 fully saturated rings. The van der Waals surface area contributed by atoms with E-state index in [1.807, 2.05) is 66.4 Å². The fourth-order valence-corrected chi connectivity index (χ4v) is 3.42. The minimum atomic E-state index is -0.164. The van der Waals surface area contributed by atoms with E-state index in [9.17, 15) is 9.59 Å². The first-order chi connectivity index (χ1) is 13.6. The Bertz CT molecular complexity index is 1040. The van der Waals surface area contributed by atoms with E-state index >= 15 is 0 Å². The summed E-state index contributed by atoms with van der Waals surface area (Å²) < 4.78 is 1.42. The smallest absolute Gasteiger partial charge is 0.271 e. The Labute approximate surface area is 163 Å². The van der Waals surface area contributed by atoms with Gasteiger partial charge in [0, 0.05) is 37.8 Å². The lowest BCUT2D eigenvalue weighted by atomic mass is 10.1. The molecule has 4 rings (SSSR count). The summed E-state index contributed by atoms with van der Waals surface area (Å²) in [5.41, 5.74) is 2.38. The van der Waals surface area contributed by atoms with Gasteiger partial charge in [-0.3, -0.25) is 9.59 Å². The molecule has 0 saturated carbocycles. The van der Waals surface area contributed by atoms with Crippen molar-refractivity contribution in [2.75, 3.05) is 31.1 Å². The zero-order valence-electron chi connectivity index (χ0n) is 15.8. The molecule has 3 aromatic rings. The summed E-state index contributed by atoms with van der Waals surface area (Å²) >= 11 is 0. The number of aromatic nitrogens is 2. The number of piperazine rings is 1. The fourth-order valence-electron chi connectivity index (χ4n) is 3.42. The second-order valence-electron chi connectivity index (χ2n) is 6.93. The molecule has 1 amide bonds. The van der Waals surface area contributed by atoms with Gasteiger partial charge in [0.25, 0.3) is 11.5 Å². The summed E-state index contributed by atoms with van der Waals surface area (Å²) in [5.74, 6) is 0.802. The van der Waals surface area contributed by atoms with Crippen molar-refractivity contribution < 1.29 is 4.79 Å². The molecule has 0 atom stereocenters. The molecular weight excluding hydrogens is 352 g/mol. The van der Waals surface area contributed by atoms with Gasteiger partial charge < -0.3 is 9.80 Å². The first kappa shape index (κ1) is 18.0. The maximum Gasteiger partial charge on any atom is 0.271 e. The number of hydrogen-bond donors (Lipinski definition) is 0. The van der Waals surface area contributed by atoms with Crippen LogP contribution in [0.1, 0.15) is 15.9 Å². The normalized spacial score (nSPS) is 14.2. The zero-order chi connectivity index (χ0) is 19.5. The van der Waals surface area contributed by atoms with Crippen molar-refractivity contribution in [1.29, 1.82) is 0 Å². The third kappa shape index (κ3) is 3.67. The van der Waals surface area contributed by atoms with Gasteiger partial charge in [-0.15, -0.1) is 5.10 Å². The molecule has 1 aliphatic rings. The molecule has 142 valence electrons. The third-order valence-corrected chi connectivity index (χ3v) is 4.94. The minimum absolute atomic E-state index is 0.0607. The molecular formula is C22H22N4O2. The van der Waals surface area contributed by atoms with E-state index in [4.69, 9.17) is 0 Å². The number of hydrogen-bond acceptors (Lipinski definition) is 4. The number of carbonyl (C=O) groups excluding carboxylic acids is 1. The van der Waals surface area contributed by atoms with E-state index in [2.05, 4.69) is 10.00 Å². The van der Waals surface area contributed by atoms with Gasteiger partial charge in [0.05, 0.1) is 5.69 Å². The molecule has 0 bridgehead atoms. The summed E-state index contributed by atoms with van der Waals surface area (Å²) in [6, 6.07) is 20.4. The highest BCUT2D eigenvalue weighted by molar-refractivity contribution is 5.94. The Morgan fingerprint density at radius 1 is 0.893 bits per heavy atom. The fraction of sp³-hybridized carbons (Fsp3) is 0.227. The van der Waals surface area contributed by atoms with Crippen LogP contribution in [0.15, 0.2) is 71.5 Å². The number of nitrogens with zero attached hydrogens (tertiary/aromatic N) is 4. The molecule has 1 saturated heterocycles. The lowest BCUT2D eigenvalue weighted by Crippen LogP contribution is -2.49. The molecule has 0 unspecified atom stereocenters. The van der Waals surface area contributed by atoms with Crippen molar-refractivity contribution in [3.05, 3.63) is 88.2 Å². The number of rotatable bonds is 3. The van der Waals surface area contributed by atoms with Crippen LogP contribution in [0.2, 0.25) is 0 Å². The van der Waals surface area contributed by atoms with Gasteiger partial charge in [0.15, 0.2) is 0 Å². The van der Waals surface area contributed by atoms with Crippen molar-refractivity contribution in [1.82, 2.24) is 14.7 Å². The second kappa shape index (κ2) is 7.68. The van der Waals surface area contributed by atoms with Gasteiger partial charge in [-0.2, -0.15) is 4.68 Å². The van der Waals surface area contributed by atoms with E-state index in [-0.39, 0.29) is 11.5 Å². The van der Waals surface area contributed by atoms with Gasteiger partial charge in [-0.05, 0) is 37.3 Å². The van der Waals surface area contributed by atoms with Crippen LogP contribution in [0.25, 0.3) is 5.69 Å². The Morgan fingerprint density at radius 2 is 1.64 bits per heavy atom. The maximum absolute atomic E-state index is 12.7. The van der Waals surface area contributed by atoms with Gasteiger partial charge in [0.1, 0.15) is 5.82 Å². The van der Waals surface area contributed by atoms with Crippen molar-refractivity contribution in [3.8, 4) is 5.69 Å². The van der Waals surface area contributed by atoms with Gasteiger partial charge in [-0.25, -0.2) is 0 Å². The largest absolute Gasteiger partial charge is 0.352 e. The molecule has 2 aromatic carbocycles. The molecule has 1 aromatic heterocycles. The van der Waals surface area contributed by atoms with Crippen LogP contribution in [-0.4, -0.2) is 46.8 Å². The first-order valence-electron chi connectivity index (χ1n) is 9.38. The molecule has 0 aliphatic carbocycles. The summed E-state index contributed by atoms with van der Waals surface area (Å²) in [6.45, 7) is 4.59. The molecule has 0 spiro atoms. The quantitative estimate of drug-likeness (QED) is 0.707. The van der Waals surface area contributed by atoms with Crippen LogP contribution in [0, 0.1) is 6.92 Å². The second-order valence-corrected chi connectivity index (χ2v) is 6.93. The van der Waals surface area contributed by atoms with Crippen LogP contribution in [0.4, 0.5) is 5.82 Å². The van der Waals surface area contributed by atoms with Crippen molar-refractivity contribution in [2.24, 2.45) is 0 Å². The number of para-hydroxylation sites is 1. The number of carbonyl (C=O) groups is 1. The van der Waals surface area contributed by atoms with Crippen molar-refractivity contribution in [2.45, 2.75) is 6.92 Å². The van der Waals surface area contributed by atoms with E-state index in [0.717, 1.165) is 22.6 Å². The average Bonchev–Trinajstić information content (AvgIpc) is 2.74. The summed E-state index contributed by atoms with van der Waals surface area (Å²) in [7, 11) is 0. The van der Waals surface area contributed by atoms with Crippen LogP contribution >= 0.6 is 0 Å². The van der Waals surface area contributed by atoms with E-state index in [1.54, 1.807) is 12.1 Å². The number of aryl methyl sites for hydroxylation is 1. The Kier molecular flexibility index (Phi) is 4.93. The molecule has 1 aliphatic heterocycles. The Hall–Kier alpha value is -3.41. The molecule has 6 heteroatoms. The molecule has 0 N–H and O–H groups in total. The van der Waals surface area contributed by atoms with E-state index < -0.39 is 0 Å². The summed E-state index contributed by atoms with van der Waals surface area (Å²) in [6.07, 6.45) is 0. The molecule has 0 radical (unpaired) electrons. The Balaban J connectivity index is 1.48. The number of anilines is 1. The van der Waals surface area contributed by atoms with Crippen molar-refractivity contribution in [3.63, 3.8) is 0 Å². The Morgan fingerprint density at radius 3 is 2.36 bits per heavy atom. The first-order valence-corrected chi connectivity index (χ1v) is 9.38. The van der Waals surface area contributed by atoms with E-state index in [1.165, 1.54) is 4.68 Å². The monoisotopic (exact) mass is 374 g/mol. The van der Waals surface area contributed by atoms with Crippen LogP contribution < -0.4 is 10.5 Å². The summed E-state index contributed by atoms with van der Waals surface area (Å²) in [5, 5.41) is 4.53. The predicted octanol–water partition coefficient (Wildman–Crippen LogP) is 2.50. The highest BCUT2D eigenvalue weighted by Gasteiger charge is 2.23. The lowest BCUT2D eigenvalue weighted by Gasteiger charge is -2.35. The highest BCUT2D eigenvalue weighted by atomic mass is 16.2. The SMILES string of the molecule is Cc1cccc(C(=O)N2CCN(c3ccc(=O)n(-c4ccccc4)n3)CC2)c1. The number of benzene rings is 2.